The van der Waals surface area contributed by atoms with Crippen LogP contribution in [0.4, 0.5) is 13.2 Å². The molecule has 1 aliphatic carbocycles. The van der Waals surface area contributed by atoms with Gasteiger partial charge in [0, 0.05) is 18.3 Å². The summed E-state index contributed by atoms with van der Waals surface area (Å²) in [6.07, 6.45) is 0.894. The number of hydrogen-bond acceptors (Lipinski definition) is 4. The van der Waals surface area contributed by atoms with Crippen LogP contribution in [0.5, 0.6) is 0 Å². The van der Waals surface area contributed by atoms with E-state index in [4.69, 9.17) is 9.90 Å². The molecule has 3 N–H and O–H groups in total. The lowest BCUT2D eigenvalue weighted by Gasteiger charge is -2.15. The van der Waals surface area contributed by atoms with E-state index in [9.17, 15) is 18.0 Å². The number of imidazole rings is 2. The number of H-pyrrole nitrogens is 1. The van der Waals surface area contributed by atoms with Gasteiger partial charge in [0.15, 0.2) is 0 Å². The maximum absolute atomic E-state index is 12.2. The predicted molar refractivity (Wildman–Crippen MR) is 105 cm³/mol. The minimum Gasteiger partial charge on any atom is -0.475 e. The number of carbonyl (C=O) groups is 2. The van der Waals surface area contributed by atoms with Gasteiger partial charge in [-0.2, -0.15) is 13.2 Å². The van der Waals surface area contributed by atoms with Crippen LogP contribution >= 0.6 is 0 Å². The number of benzene rings is 1. The predicted octanol–water partition coefficient (Wildman–Crippen LogP) is 3.46. The molecular weight excluding hydrogens is 415 g/mol. The third-order valence-electron chi connectivity index (χ3n) is 4.85. The largest absolute Gasteiger partial charge is 0.490 e. The highest BCUT2D eigenvalue weighted by molar-refractivity contribution is 5.78. The summed E-state index contributed by atoms with van der Waals surface area (Å²) in [4.78, 5) is 33.3. The molecule has 1 atom stereocenters. The van der Waals surface area contributed by atoms with Crippen molar-refractivity contribution >= 4 is 22.9 Å². The second kappa shape index (κ2) is 8.78. The molecule has 0 saturated heterocycles. The summed E-state index contributed by atoms with van der Waals surface area (Å²) >= 11 is 0. The fourth-order valence-electron chi connectivity index (χ4n) is 2.96. The molecule has 31 heavy (non-hydrogen) atoms. The quantitative estimate of drug-likeness (QED) is 0.566. The minimum absolute atomic E-state index is 0.0213. The number of fused-ring (bicyclic) bond motifs is 1. The Morgan fingerprint density at radius 1 is 1.35 bits per heavy atom. The molecule has 0 aliphatic heterocycles. The van der Waals surface area contributed by atoms with Gasteiger partial charge in [0.25, 0.3) is 0 Å². The molecule has 8 nitrogen and oxygen atoms in total. The number of aromatic nitrogens is 4. The van der Waals surface area contributed by atoms with Crippen LogP contribution in [-0.4, -0.2) is 42.7 Å². The van der Waals surface area contributed by atoms with Crippen molar-refractivity contribution in [2.75, 3.05) is 0 Å². The lowest BCUT2D eigenvalue weighted by atomic mass is 10.1. The summed E-state index contributed by atoms with van der Waals surface area (Å²) < 4.78 is 33.6. The molecule has 1 saturated carbocycles. The maximum Gasteiger partial charge on any atom is 0.490 e. The molecule has 2 aromatic heterocycles. The van der Waals surface area contributed by atoms with Crippen molar-refractivity contribution in [1.82, 2.24) is 24.8 Å². The van der Waals surface area contributed by atoms with Gasteiger partial charge in [0.2, 0.25) is 5.91 Å². The van der Waals surface area contributed by atoms with Crippen molar-refractivity contribution < 1.29 is 27.9 Å². The van der Waals surface area contributed by atoms with Gasteiger partial charge in [-0.15, -0.1) is 0 Å². The lowest BCUT2D eigenvalue weighted by Crippen LogP contribution is -2.30. The molecule has 166 valence electrons. The first-order chi connectivity index (χ1) is 14.5. The fraction of sp³-hybridized carbons (Fsp3) is 0.400. The maximum atomic E-state index is 12.2. The number of nitrogens with zero attached hydrogens (tertiary/aromatic N) is 3. The van der Waals surface area contributed by atoms with Crippen LogP contribution in [0.15, 0.2) is 30.6 Å². The number of rotatable bonds is 5. The van der Waals surface area contributed by atoms with Crippen LogP contribution in [0, 0.1) is 6.92 Å². The molecule has 1 aromatic carbocycles. The second-order valence-electron chi connectivity index (χ2n) is 7.37. The van der Waals surface area contributed by atoms with E-state index in [2.05, 4.69) is 26.3 Å². The number of carboxylic acid groups (broad SMARTS) is 1. The molecule has 0 spiro atoms. The van der Waals surface area contributed by atoms with Gasteiger partial charge in [-0.05, 0) is 44.4 Å². The van der Waals surface area contributed by atoms with Crippen molar-refractivity contribution in [1.29, 1.82) is 0 Å². The zero-order chi connectivity index (χ0) is 22.8. The summed E-state index contributed by atoms with van der Waals surface area (Å²) in [6, 6.07) is 6.09. The van der Waals surface area contributed by atoms with Crippen LogP contribution in [0.2, 0.25) is 0 Å². The first kappa shape index (κ1) is 22.3. The first-order valence-corrected chi connectivity index (χ1v) is 9.61. The van der Waals surface area contributed by atoms with Crippen LogP contribution < -0.4 is 5.32 Å². The normalized spacial score (nSPS) is 14.6. The number of carbonyl (C=O) groups excluding carboxylic acids is 1. The summed E-state index contributed by atoms with van der Waals surface area (Å²) in [5.74, 6) is -0.241. The fourth-order valence-corrected chi connectivity index (χ4v) is 2.96. The van der Waals surface area contributed by atoms with E-state index < -0.39 is 12.1 Å². The SMILES string of the molecule is Cc1nccn1CC(=O)NC(C)c1ccc2nc(C3CC3)[nH]c2c1.O=C(O)C(F)(F)F. The summed E-state index contributed by atoms with van der Waals surface area (Å²) in [5.41, 5.74) is 3.11. The molecular formula is C20H22F3N5O3. The molecule has 2 heterocycles. The van der Waals surface area contributed by atoms with Crippen molar-refractivity contribution in [3.05, 3.63) is 47.8 Å². The Kier molecular flexibility index (Phi) is 6.32. The van der Waals surface area contributed by atoms with Crippen LogP contribution in [0.1, 0.15) is 48.9 Å². The van der Waals surface area contributed by atoms with Gasteiger partial charge in [0.1, 0.15) is 18.2 Å². The van der Waals surface area contributed by atoms with Crippen molar-refractivity contribution in [3.8, 4) is 0 Å². The Labute approximate surface area is 175 Å². The Morgan fingerprint density at radius 2 is 2.03 bits per heavy atom. The molecule has 3 aromatic rings. The smallest absolute Gasteiger partial charge is 0.475 e. The lowest BCUT2D eigenvalue weighted by molar-refractivity contribution is -0.192. The molecule has 11 heteroatoms. The van der Waals surface area contributed by atoms with Gasteiger partial charge >= 0.3 is 12.1 Å². The number of nitrogens with one attached hydrogen (secondary N) is 2. The van der Waals surface area contributed by atoms with E-state index in [1.54, 1.807) is 6.20 Å². The highest BCUT2D eigenvalue weighted by Crippen LogP contribution is 2.39. The zero-order valence-corrected chi connectivity index (χ0v) is 16.9. The van der Waals surface area contributed by atoms with Gasteiger partial charge in [-0.3, -0.25) is 4.79 Å². The molecule has 1 fully saturated rings. The molecule has 1 aliphatic rings. The minimum atomic E-state index is -5.08. The standard InChI is InChI=1S/C18H21N5O.C2HF3O2/c1-11(20-17(24)10-23-8-7-19-12(23)2)14-5-6-15-16(9-14)22-18(21-15)13-3-4-13;3-2(4,5)1(6)7/h5-9,11,13H,3-4,10H2,1-2H3,(H,20,24)(H,21,22);(H,6,7). The number of aryl methyl sites for hydroxylation is 1. The first-order valence-electron chi connectivity index (χ1n) is 9.61. The highest BCUT2D eigenvalue weighted by Gasteiger charge is 2.38. The van der Waals surface area contributed by atoms with E-state index >= 15 is 0 Å². The topological polar surface area (TPSA) is 113 Å². The highest BCUT2D eigenvalue weighted by atomic mass is 19.4. The zero-order valence-electron chi connectivity index (χ0n) is 16.9. The van der Waals surface area contributed by atoms with Crippen LogP contribution in [-0.2, 0) is 16.1 Å². The van der Waals surface area contributed by atoms with Gasteiger partial charge in [-0.1, -0.05) is 6.07 Å². The molecule has 1 amide bonds. The van der Waals surface area contributed by atoms with Gasteiger partial charge in [0.05, 0.1) is 17.1 Å². The average Bonchev–Trinajstić information content (AvgIpc) is 3.33. The number of alkyl halides is 3. The second-order valence-corrected chi connectivity index (χ2v) is 7.37. The van der Waals surface area contributed by atoms with Gasteiger partial charge < -0.3 is 20.0 Å². The average molecular weight is 437 g/mol. The number of hydrogen-bond donors (Lipinski definition) is 3. The molecule has 0 radical (unpaired) electrons. The van der Waals surface area contributed by atoms with E-state index in [1.165, 1.54) is 12.8 Å². The van der Waals surface area contributed by atoms with Crippen molar-refractivity contribution in [2.45, 2.75) is 51.4 Å². The Bertz CT molecular complexity index is 1090. The van der Waals surface area contributed by atoms with Crippen molar-refractivity contribution in [2.24, 2.45) is 0 Å². The van der Waals surface area contributed by atoms with E-state index in [1.807, 2.05) is 36.7 Å². The monoisotopic (exact) mass is 437 g/mol. The number of halogens is 3. The van der Waals surface area contributed by atoms with Crippen LogP contribution in [0.25, 0.3) is 11.0 Å². The van der Waals surface area contributed by atoms with E-state index in [0.29, 0.717) is 5.92 Å². The molecule has 4 rings (SSSR count). The van der Waals surface area contributed by atoms with Crippen LogP contribution in [0.3, 0.4) is 0 Å². The third-order valence-corrected chi connectivity index (χ3v) is 4.85. The number of aliphatic carboxylic acids is 1. The third kappa shape index (κ3) is 5.83. The van der Waals surface area contributed by atoms with E-state index in [0.717, 1.165) is 28.2 Å². The number of amides is 1. The summed E-state index contributed by atoms with van der Waals surface area (Å²) in [6.45, 7) is 4.17. The molecule has 1 unspecified atom stereocenters. The Morgan fingerprint density at radius 3 is 2.58 bits per heavy atom. The Hall–Kier alpha value is -3.37. The summed E-state index contributed by atoms with van der Waals surface area (Å²) in [7, 11) is 0. The molecule has 0 bridgehead atoms. The Balaban J connectivity index is 0.000000339. The van der Waals surface area contributed by atoms with Crippen molar-refractivity contribution in [3.63, 3.8) is 0 Å². The van der Waals surface area contributed by atoms with Gasteiger partial charge in [-0.25, -0.2) is 14.8 Å². The summed E-state index contributed by atoms with van der Waals surface area (Å²) in [5, 5.41) is 10.2. The van der Waals surface area contributed by atoms with E-state index in [-0.39, 0.29) is 18.5 Å². The number of aromatic amines is 1. The number of carboxylic acids is 1.